The highest BCUT2D eigenvalue weighted by atomic mass is 16.6. The average molecular weight is 195 g/mol. The van der Waals surface area contributed by atoms with Gasteiger partial charge in [-0.15, -0.1) is 0 Å². The molecule has 1 N–H and O–H groups in total. The largest absolute Gasteiger partial charge is 0.481 e. The van der Waals surface area contributed by atoms with Crippen LogP contribution in [0.2, 0.25) is 0 Å². The number of nitro groups is 1. The fourth-order valence-electron chi connectivity index (χ4n) is 1.05. The summed E-state index contributed by atoms with van der Waals surface area (Å²) in [5.41, 5.74) is 0.349. The molecule has 0 radical (unpaired) electrons. The number of carboxylic acids is 1. The van der Waals surface area contributed by atoms with Crippen LogP contribution in [-0.2, 0) is 4.79 Å². The van der Waals surface area contributed by atoms with Crippen LogP contribution >= 0.6 is 0 Å². The van der Waals surface area contributed by atoms with E-state index in [1.54, 1.807) is 6.07 Å². The van der Waals surface area contributed by atoms with Gasteiger partial charge in [0.05, 0.1) is 10.8 Å². The molecule has 0 spiro atoms. The van der Waals surface area contributed by atoms with Gasteiger partial charge in [0, 0.05) is 12.1 Å². The maximum absolute atomic E-state index is 10.6. The second kappa shape index (κ2) is 3.87. The van der Waals surface area contributed by atoms with Crippen molar-refractivity contribution in [3.63, 3.8) is 0 Å². The molecule has 14 heavy (non-hydrogen) atoms. The van der Waals surface area contributed by atoms with Crippen molar-refractivity contribution in [2.45, 2.75) is 12.8 Å². The molecular formula is C9H9NO4. The number of aliphatic carboxylic acids is 1. The van der Waals surface area contributed by atoms with Crippen LogP contribution in [0.1, 0.15) is 18.4 Å². The summed E-state index contributed by atoms with van der Waals surface area (Å²) < 4.78 is 0. The topological polar surface area (TPSA) is 80.4 Å². The zero-order chi connectivity index (χ0) is 10.7. The summed E-state index contributed by atoms with van der Waals surface area (Å²) in [7, 11) is 0. The predicted molar refractivity (Wildman–Crippen MR) is 49.1 cm³/mol. The number of nitro benzene ring substituents is 1. The van der Waals surface area contributed by atoms with E-state index in [0.29, 0.717) is 5.56 Å². The molecule has 0 aliphatic carbocycles. The number of carbonyl (C=O) groups is 1. The quantitative estimate of drug-likeness (QED) is 0.588. The van der Waals surface area contributed by atoms with Crippen molar-refractivity contribution in [3.05, 3.63) is 39.9 Å². The van der Waals surface area contributed by atoms with Crippen LogP contribution in [0.25, 0.3) is 0 Å². The maximum atomic E-state index is 10.6. The van der Waals surface area contributed by atoms with Gasteiger partial charge < -0.3 is 5.11 Å². The summed E-state index contributed by atoms with van der Waals surface area (Å²) in [5.74, 6) is -1.72. The number of nitrogens with zero attached hydrogens (tertiary/aromatic N) is 1. The first-order valence-corrected chi connectivity index (χ1v) is 3.99. The van der Waals surface area contributed by atoms with Gasteiger partial charge in [-0.2, -0.15) is 0 Å². The van der Waals surface area contributed by atoms with E-state index in [-0.39, 0.29) is 5.69 Å². The summed E-state index contributed by atoms with van der Waals surface area (Å²) in [5, 5.41) is 19.1. The highest BCUT2D eigenvalue weighted by molar-refractivity contribution is 5.75. The monoisotopic (exact) mass is 195 g/mol. The molecule has 1 aromatic rings. The Morgan fingerprint density at radius 3 is 2.71 bits per heavy atom. The molecule has 0 aromatic heterocycles. The molecule has 0 aliphatic rings. The first kappa shape index (κ1) is 10.2. The van der Waals surface area contributed by atoms with Crippen molar-refractivity contribution >= 4 is 11.7 Å². The van der Waals surface area contributed by atoms with Crippen LogP contribution in [0.4, 0.5) is 5.69 Å². The lowest BCUT2D eigenvalue weighted by Crippen LogP contribution is -2.07. The Hall–Kier alpha value is -1.91. The van der Waals surface area contributed by atoms with Crippen LogP contribution in [-0.4, -0.2) is 16.0 Å². The molecule has 0 amide bonds. The van der Waals surface area contributed by atoms with Gasteiger partial charge >= 0.3 is 5.97 Å². The molecule has 74 valence electrons. The molecule has 0 aliphatic heterocycles. The smallest absolute Gasteiger partial charge is 0.310 e. The molecular weight excluding hydrogens is 186 g/mol. The summed E-state index contributed by atoms with van der Waals surface area (Å²) in [6.45, 7) is 1.49. The molecule has 1 atom stereocenters. The summed E-state index contributed by atoms with van der Waals surface area (Å²) in [6, 6.07) is 5.65. The van der Waals surface area contributed by atoms with Crippen molar-refractivity contribution in [2.75, 3.05) is 0 Å². The van der Waals surface area contributed by atoms with Gasteiger partial charge in [-0.25, -0.2) is 0 Å². The highest BCUT2D eigenvalue weighted by Crippen LogP contribution is 2.20. The number of non-ortho nitro benzene ring substituents is 1. The van der Waals surface area contributed by atoms with E-state index >= 15 is 0 Å². The van der Waals surface area contributed by atoms with E-state index in [1.807, 2.05) is 0 Å². The van der Waals surface area contributed by atoms with Crippen molar-refractivity contribution in [1.82, 2.24) is 0 Å². The van der Waals surface area contributed by atoms with Crippen LogP contribution in [0.3, 0.4) is 0 Å². The van der Waals surface area contributed by atoms with Gasteiger partial charge in [-0.3, -0.25) is 14.9 Å². The maximum Gasteiger partial charge on any atom is 0.310 e. The molecule has 0 saturated carbocycles. The summed E-state index contributed by atoms with van der Waals surface area (Å²) in [4.78, 5) is 20.5. The third-order valence-corrected chi connectivity index (χ3v) is 1.95. The molecule has 0 saturated heterocycles. The van der Waals surface area contributed by atoms with Crippen LogP contribution in [0.15, 0.2) is 24.3 Å². The molecule has 1 aromatic carbocycles. The molecule has 1 rings (SSSR count). The zero-order valence-corrected chi connectivity index (χ0v) is 7.51. The van der Waals surface area contributed by atoms with Gasteiger partial charge in [0.1, 0.15) is 0 Å². The van der Waals surface area contributed by atoms with Crippen molar-refractivity contribution in [1.29, 1.82) is 0 Å². The third-order valence-electron chi connectivity index (χ3n) is 1.95. The highest BCUT2D eigenvalue weighted by Gasteiger charge is 2.16. The fraction of sp³-hybridized carbons (Fsp3) is 0.222. The third kappa shape index (κ3) is 2.07. The Morgan fingerprint density at radius 1 is 1.57 bits per heavy atom. The number of carboxylic acid groups (broad SMARTS) is 1. The lowest BCUT2D eigenvalue weighted by atomic mass is 10.0. The van der Waals surface area contributed by atoms with Crippen molar-refractivity contribution in [2.24, 2.45) is 0 Å². The molecule has 5 heteroatoms. The van der Waals surface area contributed by atoms with Crippen LogP contribution in [0, 0.1) is 10.1 Å². The number of hydrogen-bond donors (Lipinski definition) is 1. The summed E-state index contributed by atoms with van der Waals surface area (Å²) >= 11 is 0. The minimum atomic E-state index is -0.995. The molecule has 0 unspecified atom stereocenters. The lowest BCUT2D eigenvalue weighted by Gasteiger charge is -2.05. The second-order valence-corrected chi connectivity index (χ2v) is 2.91. The molecule has 5 nitrogen and oxygen atoms in total. The Labute approximate surface area is 80.1 Å². The number of hydrogen-bond acceptors (Lipinski definition) is 3. The first-order valence-electron chi connectivity index (χ1n) is 3.99. The normalized spacial score (nSPS) is 12.1. The summed E-state index contributed by atoms with van der Waals surface area (Å²) in [6.07, 6.45) is 0. The van der Waals surface area contributed by atoms with Gasteiger partial charge in [0.15, 0.2) is 0 Å². The molecule has 0 fully saturated rings. The van der Waals surface area contributed by atoms with Crippen LogP contribution in [0.5, 0.6) is 0 Å². The average Bonchev–Trinajstić information content (AvgIpc) is 2.16. The minimum Gasteiger partial charge on any atom is -0.481 e. The van der Waals surface area contributed by atoms with Gasteiger partial charge in [0.2, 0.25) is 0 Å². The predicted octanol–water partition coefficient (Wildman–Crippen LogP) is 1.78. The van der Waals surface area contributed by atoms with E-state index in [0.717, 1.165) is 0 Å². The Bertz CT molecular complexity index is 375. The van der Waals surface area contributed by atoms with Gasteiger partial charge in [0.25, 0.3) is 5.69 Å². The number of benzene rings is 1. The Kier molecular flexibility index (Phi) is 2.81. The van der Waals surface area contributed by atoms with E-state index < -0.39 is 16.8 Å². The standard InChI is InChI=1S/C9H9NO4/c1-6(9(11)12)7-3-2-4-8(5-7)10(13)14/h2-6H,1H3,(H,11,12)/t6-/m0/s1. The first-order chi connectivity index (χ1) is 6.52. The van der Waals surface area contributed by atoms with E-state index in [2.05, 4.69) is 0 Å². The second-order valence-electron chi connectivity index (χ2n) is 2.91. The van der Waals surface area contributed by atoms with E-state index in [9.17, 15) is 14.9 Å². The minimum absolute atomic E-state index is 0.0874. The van der Waals surface area contributed by atoms with Crippen LogP contribution < -0.4 is 0 Å². The lowest BCUT2D eigenvalue weighted by molar-refractivity contribution is -0.384. The van der Waals surface area contributed by atoms with Crippen molar-refractivity contribution < 1.29 is 14.8 Å². The van der Waals surface area contributed by atoms with Gasteiger partial charge in [-0.05, 0) is 12.5 Å². The zero-order valence-electron chi connectivity index (χ0n) is 7.51. The Morgan fingerprint density at radius 2 is 2.21 bits per heavy atom. The molecule has 0 heterocycles. The number of rotatable bonds is 3. The van der Waals surface area contributed by atoms with E-state index in [4.69, 9.17) is 5.11 Å². The SMILES string of the molecule is C[C@H](C(=O)O)c1cccc([N+](=O)[O-])c1. The van der Waals surface area contributed by atoms with Crippen molar-refractivity contribution in [3.8, 4) is 0 Å². The molecule has 0 bridgehead atoms. The van der Waals surface area contributed by atoms with Gasteiger partial charge in [-0.1, -0.05) is 12.1 Å². The van der Waals surface area contributed by atoms with E-state index in [1.165, 1.54) is 25.1 Å². The Balaban J connectivity index is 3.05. The fourth-order valence-corrected chi connectivity index (χ4v) is 1.05.